The number of carbonyl (C=O) groups excluding carboxylic acids is 1. The third-order valence-electron chi connectivity index (χ3n) is 5.31. The third kappa shape index (κ3) is 5.50. The number of halogens is 3. The maximum atomic E-state index is 13.0. The third-order valence-corrected chi connectivity index (χ3v) is 7.21. The first-order chi connectivity index (χ1) is 15.6. The number of alkyl halides is 3. The second-order valence-corrected chi connectivity index (χ2v) is 9.49. The first-order valence-electron chi connectivity index (χ1n) is 10.2. The molecule has 0 saturated carbocycles. The Hall–Kier alpha value is -2.99. The molecule has 4 rings (SSSR count). The van der Waals surface area contributed by atoms with Crippen LogP contribution in [-0.2, 0) is 14.8 Å². The number of nitrogens with zero attached hydrogens (tertiary/aromatic N) is 1. The summed E-state index contributed by atoms with van der Waals surface area (Å²) >= 11 is 0. The minimum Gasteiger partial charge on any atom is -0.486 e. The van der Waals surface area contributed by atoms with Gasteiger partial charge in [0.05, 0.1) is 4.90 Å². The Labute approximate surface area is 188 Å². The molecular weight excluding hydrogens is 465 g/mol. The SMILES string of the molecule is O=C(Nc1cccc(OC(F)(F)F)c1)C1CCN(S(=O)(=O)c2ccc3c(c2)OCCO3)CC1. The van der Waals surface area contributed by atoms with E-state index in [-0.39, 0.29) is 36.5 Å². The summed E-state index contributed by atoms with van der Waals surface area (Å²) in [6.45, 7) is 0.995. The molecule has 2 aliphatic heterocycles. The fourth-order valence-electron chi connectivity index (χ4n) is 3.71. The first kappa shape index (κ1) is 23.2. The van der Waals surface area contributed by atoms with E-state index in [1.54, 1.807) is 6.07 Å². The van der Waals surface area contributed by atoms with Crippen molar-refractivity contribution in [2.24, 2.45) is 5.92 Å². The van der Waals surface area contributed by atoms with E-state index in [9.17, 15) is 26.4 Å². The number of rotatable bonds is 5. The number of benzene rings is 2. The van der Waals surface area contributed by atoms with E-state index in [0.717, 1.165) is 12.1 Å². The molecule has 2 aromatic rings. The summed E-state index contributed by atoms with van der Waals surface area (Å²) in [6.07, 6.45) is -4.29. The standard InChI is InChI=1S/C21H21F3N2O6S/c22-21(23,24)32-16-3-1-2-15(12-16)25-20(27)14-6-8-26(9-7-14)33(28,29)17-4-5-18-19(13-17)31-11-10-30-18/h1-5,12-14H,6-11H2,(H,25,27). The lowest BCUT2D eigenvalue weighted by Crippen LogP contribution is -2.41. The molecule has 33 heavy (non-hydrogen) atoms. The molecule has 0 unspecified atom stereocenters. The van der Waals surface area contributed by atoms with Crippen LogP contribution in [-0.4, -0.2) is 51.3 Å². The summed E-state index contributed by atoms with van der Waals surface area (Å²) < 4.78 is 79.2. The summed E-state index contributed by atoms with van der Waals surface area (Å²) in [4.78, 5) is 12.7. The zero-order valence-electron chi connectivity index (χ0n) is 17.3. The number of fused-ring (bicyclic) bond motifs is 1. The Balaban J connectivity index is 1.36. The molecule has 8 nitrogen and oxygen atoms in total. The van der Waals surface area contributed by atoms with Gasteiger partial charge in [-0.3, -0.25) is 4.79 Å². The number of carbonyl (C=O) groups is 1. The van der Waals surface area contributed by atoms with Crippen LogP contribution in [0.25, 0.3) is 0 Å². The van der Waals surface area contributed by atoms with Crippen molar-refractivity contribution in [3.05, 3.63) is 42.5 Å². The molecule has 12 heteroatoms. The van der Waals surface area contributed by atoms with Gasteiger partial charge in [-0.05, 0) is 37.1 Å². The van der Waals surface area contributed by atoms with Gasteiger partial charge >= 0.3 is 6.36 Å². The molecule has 178 valence electrons. The molecule has 0 aliphatic carbocycles. The maximum absolute atomic E-state index is 13.0. The van der Waals surface area contributed by atoms with Crippen molar-refractivity contribution in [1.82, 2.24) is 4.31 Å². The van der Waals surface area contributed by atoms with Crippen LogP contribution in [0.2, 0.25) is 0 Å². The Kier molecular flexibility index (Phi) is 6.39. The molecule has 0 radical (unpaired) electrons. The minimum absolute atomic E-state index is 0.0798. The number of nitrogens with one attached hydrogen (secondary N) is 1. The zero-order valence-corrected chi connectivity index (χ0v) is 18.1. The second-order valence-electron chi connectivity index (χ2n) is 7.55. The van der Waals surface area contributed by atoms with Gasteiger partial charge in [-0.15, -0.1) is 13.2 Å². The van der Waals surface area contributed by atoms with Gasteiger partial charge < -0.3 is 19.5 Å². The molecule has 2 aromatic carbocycles. The zero-order chi connectivity index (χ0) is 23.6. The average Bonchev–Trinajstić information content (AvgIpc) is 2.78. The van der Waals surface area contributed by atoms with Crippen LogP contribution in [0.15, 0.2) is 47.4 Å². The molecule has 1 saturated heterocycles. The fraction of sp³-hybridized carbons (Fsp3) is 0.381. The van der Waals surface area contributed by atoms with Crippen LogP contribution in [0.4, 0.5) is 18.9 Å². The summed E-state index contributed by atoms with van der Waals surface area (Å²) in [5.41, 5.74) is 0.160. The van der Waals surface area contributed by atoms with Crippen LogP contribution >= 0.6 is 0 Å². The maximum Gasteiger partial charge on any atom is 0.573 e. The Morgan fingerprint density at radius 1 is 1.03 bits per heavy atom. The normalized spacial score (nSPS) is 17.4. The molecule has 1 N–H and O–H groups in total. The average molecular weight is 486 g/mol. The number of hydrogen-bond acceptors (Lipinski definition) is 6. The van der Waals surface area contributed by atoms with Crippen molar-refractivity contribution in [2.75, 3.05) is 31.6 Å². The van der Waals surface area contributed by atoms with E-state index in [4.69, 9.17) is 9.47 Å². The largest absolute Gasteiger partial charge is 0.573 e. The van der Waals surface area contributed by atoms with E-state index in [2.05, 4.69) is 10.1 Å². The monoisotopic (exact) mass is 486 g/mol. The van der Waals surface area contributed by atoms with E-state index in [0.29, 0.717) is 24.7 Å². The molecule has 2 heterocycles. The van der Waals surface area contributed by atoms with Gasteiger partial charge in [0.25, 0.3) is 0 Å². The topological polar surface area (TPSA) is 94.2 Å². The smallest absolute Gasteiger partial charge is 0.486 e. The van der Waals surface area contributed by atoms with Crippen LogP contribution in [0, 0.1) is 5.92 Å². The van der Waals surface area contributed by atoms with Gasteiger partial charge in [-0.2, -0.15) is 4.31 Å². The highest BCUT2D eigenvalue weighted by Crippen LogP contribution is 2.34. The van der Waals surface area contributed by atoms with Gasteiger partial charge in [0.15, 0.2) is 11.5 Å². The van der Waals surface area contributed by atoms with Crippen molar-refractivity contribution in [1.29, 1.82) is 0 Å². The van der Waals surface area contributed by atoms with E-state index in [1.165, 1.54) is 28.6 Å². The van der Waals surface area contributed by atoms with E-state index >= 15 is 0 Å². The van der Waals surface area contributed by atoms with Crippen LogP contribution in [0.3, 0.4) is 0 Å². The van der Waals surface area contributed by atoms with Gasteiger partial charge in [0.1, 0.15) is 19.0 Å². The quantitative estimate of drug-likeness (QED) is 0.697. The predicted octanol–water partition coefficient (Wildman–Crippen LogP) is 3.40. The Morgan fingerprint density at radius 3 is 2.42 bits per heavy atom. The van der Waals surface area contributed by atoms with E-state index < -0.39 is 34.0 Å². The van der Waals surface area contributed by atoms with Crippen LogP contribution in [0.1, 0.15) is 12.8 Å². The second kappa shape index (κ2) is 9.10. The highest BCUT2D eigenvalue weighted by Gasteiger charge is 2.33. The van der Waals surface area contributed by atoms with Crippen molar-refractivity contribution in [3.8, 4) is 17.2 Å². The number of hydrogen-bond donors (Lipinski definition) is 1. The number of piperidine rings is 1. The van der Waals surface area contributed by atoms with Crippen LogP contribution < -0.4 is 19.5 Å². The molecule has 2 aliphatic rings. The van der Waals surface area contributed by atoms with Gasteiger partial charge in [0.2, 0.25) is 15.9 Å². The Morgan fingerprint density at radius 2 is 1.73 bits per heavy atom. The summed E-state index contributed by atoms with van der Waals surface area (Å²) in [5, 5.41) is 2.57. The summed E-state index contributed by atoms with van der Waals surface area (Å²) in [5.74, 6) is -0.464. The van der Waals surface area contributed by atoms with Gasteiger partial charge in [-0.25, -0.2) is 8.42 Å². The van der Waals surface area contributed by atoms with Gasteiger partial charge in [0, 0.05) is 36.8 Å². The fourth-order valence-corrected chi connectivity index (χ4v) is 5.19. The summed E-state index contributed by atoms with van der Waals surface area (Å²) in [6, 6.07) is 9.42. The first-order valence-corrected chi connectivity index (χ1v) is 11.6. The van der Waals surface area contributed by atoms with Crippen molar-refractivity contribution >= 4 is 21.6 Å². The molecule has 0 spiro atoms. The number of anilines is 1. The Bertz CT molecular complexity index is 1130. The number of sulfonamides is 1. The molecular formula is C21H21F3N2O6S. The molecule has 0 bridgehead atoms. The lowest BCUT2D eigenvalue weighted by molar-refractivity contribution is -0.274. The highest BCUT2D eigenvalue weighted by atomic mass is 32.2. The number of ether oxygens (including phenoxy) is 3. The molecule has 0 aromatic heterocycles. The van der Waals surface area contributed by atoms with Crippen LogP contribution in [0.5, 0.6) is 17.2 Å². The van der Waals surface area contributed by atoms with Crippen molar-refractivity contribution in [2.45, 2.75) is 24.1 Å². The lowest BCUT2D eigenvalue weighted by Gasteiger charge is -2.31. The van der Waals surface area contributed by atoms with E-state index in [1.807, 2.05) is 0 Å². The van der Waals surface area contributed by atoms with Crippen molar-refractivity contribution in [3.63, 3.8) is 0 Å². The molecule has 0 atom stereocenters. The van der Waals surface area contributed by atoms with Crippen molar-refractivity contribution < 1.29 is 40.6 Å². The van der Waals surface area contributed by atoms with Gasteiger partial charge in [-0.1, -0.05) is 6.07 Å². The molecule has 1 amide bonds. The highest BCUT2D eigenvalue weighted by molar-refractivity contribution is 7.89. The lowest BCUT2D eigenvalue weighted by atomic mass is 9.97. The molecule has 1 fully saturated rings. The summed E-state index contributed by atoms with van der Waals surface area (Å²) in [7, 11) is -3.78. The number of amides is 1. The minimum atomic E-state index is -4.84. The predicted molar refractivity (Wildman–Crippen MR) is 111 cm³/mol.